The van der Waals surface area contributed by atoms with Crippen LogP contribution in [0, 0.1) is 0 Å². The molecule has 1 aliphatic rings. The van der Waals surface area contributed by atoms with Gasteiger partial charge in [-0.3, -0.25) is 4.79 Å². The first-order valence-corrected chi connectivity index (χ1v) is 6.84. The predicted molar refractivity (Wildman–Crippen MR) is 78.9 cm³/mol. The molecule has 1 amide bonds. The van der Waals surface area contributed by atoms with Crippen LogP contribution in [0.5, 0.6) is 0 Å². The number of para-hydroxylation sites is 1. The Morgan fingerprint density at radius 3 is 3.00 bits per heavy atom. The van der Waals surface area contributed by atoms with E-state index in [-0.39, 0.29) is 17.9 Å². The molecule has 5 nitrogen and oxygen atoms in total. The molecule has 5 heteroatoms. The van der Waals surface area contributed by atoms with Gasteiger partial charge in [-0.15, -0.1) is 0 Å². The number of amides is 1. The summed E-state index contributed by atoms with van der Waals surface area (Å²) in [5, 5.41) is 10.5. The van der Waals surface area contributed by atoms with Crippen molar-refractivity contribution in [2.45, 2.75) is 25.8 Å². The summed E-state index contributed by atoms with van der Waals surface area (Å²) in [5.41, 5.74) is 2.10. The number of hydrogen-bond donors (Lipinski definition) is 2. The standard InChI is InChI=1S/C15H18N4O/c1-10(2)19-14(7-8-17-19)18-15(20)12-9-16-13-6-4-3-5-11(12)13/h3-8,10,12,16H,9H2,1-2H3,(H,18,20). The van der Waals surface area contributed by atoms with Crippen molar-refractivity contribution in [2.75, 3.05) is 17.2 Å². The van der Waals surface area contributed by atoms with Crippen molar-refractivity contribution in [1.82, 2.24) is 9.78 Å². The second kappa shape index (κ2) is 5.00. The van der Waals surface area contributed by atoms with Crippen molar-refractivity contribution < 1.29 is 4.79 Å². The number of hydrogen-bond acceptors (Lipinski definition) is 3. The van der Waals surface area contributed by atoms with E-state index in [1.54, 1.807) is 6.20 Å². The smallest absolute Gasteiger partial charge is 0.234 e. The number of nitrogens with one attached hydrogen (secondary N) is 2. The molecule has 1 atom stereocenters. The molecule has 1 aromatic carbocycles. The molecule has 2 N–H and O–H groups in total. The van der Waals surface area contributed by atoms with E-state index in [4.69, 9.17) is 0 Å². The molecule has 0 fully saturated rings. The summed E-state index contributed by atoms with van der Waals surface area (Å²) in [7, 11) is 0. The Morgan fingerprint density at radius 2 is 2.20 bits per heavy atom. The highest BCUT2D eigenvalue weighted by Crippen LogP contribution is 2.31. The van der Waals surface area contributed by atoms with Crippen molar-refractivity contribution in [3.8, 4) is 0 Å². The molecule has 0 spiro atoms. The number of nitrogens with zero attached hydrogens (tertiary/aromatic N) is 2. The molecule has 2 heterocycles. The zero-order valence-corrected chi connectivity index (χ0v) is 11.6. The lowest BCUT2D eigenvalue weighted by molar-refractivity contribution is -0.117. The third-order valence-corrected chi connectivity index (χ3v) is 3.56. The van der Waals surface area contributed by atoms with Crippen LogP contribution in [0.4, 0.5) is 11.5 Å². The predicted octanol–water partition coefficient (Wildman–Crippen LogP) is 2.61. The molecule has 0 bridgehead atoms. The van der Waals surface area contributed by atoms with Gasteiger partial charge in [0.1, 0.15) is 5.82 Å². The maximum Gasteiger partial charge on any atom is 0.234 e. The van der Waals surface area contributed by atoms with Gasteiger partial charge in [0.05, 0.1) is 12.1 Å². The lowest BCUT2D eigenvalue weighted by atomic mass is 10.0. The number of carbonyl (C=O) groups is 1. The Balaban J connectivity index is 1.80. The Kier molecular flexibility index (Phi) is 3.18. The van der Waals surface area contributed by atoms with Crippen LogP contribution in [0.3, 0.4) is 0 Å². The maximum absolute atomic E-state index is 12.5. The number of aromatic nitrogens is 2. The van der Waals surface area contributed by atoms with E-state index < -0.39 is 0 Å². The van der Waals surface area contributed by atoms with Crippen LogP contribution in [0.2, 0.25) is 0 Å². The van der Waals surface area contributed by atoms with Crippen LogP contribution in [0.1, 0.15) is 31.4 Å². The molecule has 0 aliphatic carbocycles. The minimum atomic E-state index is -0.151. The largest absolute Gasteiger partial charge is 0.384 e. The molecule has 104 valence electrons. The molecule has 20 heavy (non-hydrogen) atoms. The van der Waals surface area contributed by atoms with E-state index in [0.29, 0.717) is 6.54 Å². The fraction of sp³-hybridized carbons (Fsp3) is 0.333. The fourth-order valence-electron chi connectivity index (χ4n) is 2.56. The number of fused-ring (bicyclic) bond motifs is 1. The number of carbonyl (C=O) groups excluding carboxylic acids is 1. The van der Waals surface area contributed by atoms with E-state index in [1.807, 2.05) is 48.9 Å². The van der Waals surface area contributed by atoms with Crippen molar-refractivity contribution in [3.05, 3.63) is 42.1 Å². The van der Waals surface area contributed by atoms with Crippen LogP contribution < -0.4 is 10.6 Å². The molecule has 1 aromatic heterocycles. The average molecular weight is 270 g/mol. The van der Waals surface area contributed by atoms with Crippen LogP contribution in [0.25, 0.3) is 0 Å². The molecular weight excluding hydrogens is 252 g/mol. The second-order valence-electron chi connectivity index (χ2n) is 5.26. The highest BCUT2D eigenvalue weighted by atomic mass is 16.2. The summed E-state index contributed by atoms with van der Waals surface area (Å²) < 4.78 is 1.81. The number of rotatable bonds is 3. The molecule has 0 radical (unpaired) electrons. The van der Waals surface area contributed by atoms with Gasteiger partial charge < -0.3 is 10.6 Å². The van der Waals surface area contributed by atoms with E-state index in [2.05, 4.69) is 15.7 Å². The van der Waals surface area contributed by atoms with Gasteiger partial charge in [-0.2, -0.15) is 5.10 Å². The quantitative estimate of drug-likeness (QED) is 0.901. The van der Waals surface area contributed by atoms with E-state index in [1.165, 1.54) is 0 Å². The molecular formula is C15H18N4O. The first-order valence-electron chi connectivity index (χ1n) is 6.84. The monoisotopic (exact) mass is 270 g/mol. The third kappa shape index (κ3) is 2.15. The first-order chi connectivity index (χ1) is 9.66. The normalized spacial score (nSPS) is 16.9. The summed E-state index contributed by atoms with van der Waals surface area (Å²) in [5.74, 6) is 0.598. The Morgan fingerprint density at radius 1 is 1.40 bits per heavy atom. The third-order valence-electron chi connectivity index (χ3n) is 3.56. The summed E-state index contributed by atoms with van der Waals surface area (Å²) in [4.78, 5) is 12.5. The van der Waals surface area contributed by atoms with Gasteiger partial charge in [-0.25, -0.2) is 4.68 Å². The molecule has 3 rings (SSSR count). The van der Waals surface area contributed by atoms with Gasteiger partial charge in [-0.1, -0.05) is 18.2 Å². The zero-order chi connectivity index (χ0) is 14.1. The van der Waals surface area contributed by atoms with E-state index >= 15 is 0 Å². The van der Waals surface area contributed by atoms with E-state index in [9.17, 15) is 4.79 Å². The van der Waals surface area contributed by atoms with Crippen molar-refractivity contribution in [2.24, 2.45) is 0 Å². The minimum Gasteiger partial charge on any atom is -0.384 e. The number of benzene rings is 1. The maximum atomic E-state index is 12.5. The van der Waals surface area contributed by atoms with Gasteiger partial charge in [0.15, 0.2) is 0 Å². The highest BCUT2D eigenvalue weighted by Gasteiger charge is 2.28. The second-order valence-corrected chi connectivity index (χ2v) is 5.26. The van der Waals surface area contributed by atoms with Gasteiger partial charge in [0.2, 0.25) is 5.91 Å². The minimum absolute atomic E-state index is 0.00449. The van der Waals surface area contributed by atoms with Gasteiger partial charge >= 0.3 is 0 Å². The van der Waals surface area contributed by atoms with Crippen molar-refractivity contribution in [3.63, 3.8) is 0 Å². The Bertz CT molecular complexity index is 632. The lowest BCUT2D eigenvalue weighted by Gasteiger charge is -2.14. The molecule has 0 saturated carbocycles. The molecule has 1 unspecified atom stereocenters. The summed E-state index contributed by atoms with van der Waals surface area (Å²) in [6.07, 6.45) is 1.70. The van der Waals surface area contributed by atoms with Gasteiger partial charge in [0.25, 0.3) is 0 Å². The topological polar surface area (TPSA) is 59.0 Å². The molecule has 2 aromatic rings. The average Bonchev–Trinajstić information content (AvgIpc) is 3.04. The highest BCUT2D eigenvalue weighted by molar-refractivity contribution is 5.97. The van der Waals surface area contributed by atoms with Crippen LogP contribution in [0.15, 0.2) is 36.5 Å². The van der Waals surface area contributed by atoms with Crippen LogP contribution in [-0.2, 0) is 4.79 Å². The fourth-order valence-corrected chi connectivity index (χ4v) is 2.56. The number of anilines is 2. The first kappa shape index (κ1) is 12.7. The van der Waals surface area contributed by atoms with Gasteiger partial charge in [-0.05, 0) is 25.5 Å². The summed E-state index contributed by atoms with van der Waals surface area (Å²) in [6, 6.07) is 9.98. The van der Waals surface area contributed by atoms with Gasteiger partial charge in [0, 0.05) is 24.3 Å². The molecule has 1 aliphatic heterocycles. The SMILES string of the molecule is CC(C)n1nccc1NC(=O)C1CNc2ccccc21. The summed E-state index contributed by atoms with van der Waals surface area (Å²) >= 11 is 0. The summed E-state index contributed by atoms with van der Waals surface area (Å²) in [6.45, 7) is 4.71. The van der Waals surface area contributed by atoms with E-state index in [0.717, 1.165) is 17.1 Å². The van der Waals surface area contributed by atoms with Crippen molar-refractivity contribution >= 4 is 17.4 Å². The van der Waals surface area contributed by atoms with Crippen LogP contribution in [-0.4, -0.2) is 22.2 Å². The molecule has 0 saturated heterocycles. The lowest BCUT2D eigenvalue weighted by Crippen LogP contribution is -2.24. The zero-order valence-electron chi connectivity index (χ0n) is 11.6. The Labute approximate surface area is 118 Å². The Hall–Kier alpha value is -2.30. The van der Waals surface area contributed by atoms with Crippen LogP contribution >= 0.6 is 0 Å². The van der Waals surface area contributed by atoms with Crippen molar-refractivity contribution in [1.29, 1.82) is 0 Å².